The standard InChI is InChI=1S/C31H20BrFN8O4S/c1-18-30(46-31(38-18)40-28(42)19-3-2-4-23(8-19)44-25-12-34-16-35-13-25)41-15-26(14-36-17-41)45-24-9-20(7-22(33)11-24)29(43)39-27-10-21(32)5-6-37-27/h2-17H,1H3,(H-,37,38,39,40,42,43)/p+1. The molecule has 2 aromatic carbocycles. The average molecular weight is 701 g/mol. The van der Waals surface area contributed by atoms with E-state index in [0.29, 0.717) is 38.7 Å². The van der Waals surface area contributed by atoms with Gasteiger partial charge in [-0.3, -0.25) is 14.9 Å². The van der Waals surface area contributed by atoms with Gasteiger partial charge in [0.25, 0.3) is 18.1 Å². The molecule has 0 unspecified atom stereocenters. The molecule has 0 aliphatic heterocycles. The molecular weight excluding hydrogens is 679 g/mol. The lowest BCUT2D eigenvalue weighted by Gasteiger charge is -2.08. The summed E-state index contributed by atoms with van der Waals surface area (Å²) in [6, 6.07) is 13.7. The van der Waals surface area contributed by atoms with Gasteiger partial charge in [-0.1, -0.05) is 38.3 Å². The van der Waals surface area contributed by atoms with Gasteiger partial charge in [0, 0.05) is 27.9 Å². The molecule has 0 atom stereocenters. The predicted molar refractivity (Wildman–Crippen MR) is 169 cm³/mol. The maximum absolute atomic E-state index is 14.5. The largest absolute Gasteiger partial charge is 0.454 e. The summed E-state index contributed by atoms with van der Waals surface area (Å²) in [4.78, 5) is 46.4. The lowest BCUT2D eigenvalue weighted by atomic mass is 10.2. The molecule has 0 radical (unpaired) electrons. The zero-order chi connectivity index (χ0) is 32.0. The van der Waals surface area contributed by atoms with Crippen molar-refractivity contribution in [2.24, 2.45) is 0 Å². The number of rotatable bonds is 9. The van der Waals surface area contributed by atoms with E-state index < -0.39 is 11.7 Å². The normalized spacial score (nSPS) is 10.7. The number of amides is 2. The maximum Gasteiger partial charge on any atom is 0.292 e. The predicted octanol–water partition coefficient (Wildman–Crippen LogP) is 6.30. The Labute approximate surface area is 273 Å². The molecule has 4 aromatic heterocycles. The van der Waals surface area contributed by atoms with E-state index in [2.05, 4.69) is 51.5 Å². The molecule has 6 rings (SSSR count). The van der Waals surface area contributed by atoms with Crippen molar-refractivity contribution < 1.29 is 28.0 Å². The Morgan fingerprint density at radius 2 is 1.63 bits per heavy atom. The van der Waals surface area contributed by atoms with Gasteiger partial charge in [-0.25, -0.2) is 24.3 Å². The number of nitrogens with zero attached hydrogens (tertiary/aromatic N) is 6. The van der Waals surface area contributed by atoms with Crippen LogP contribution in [0.15, 0.2) is 103 Å². The molecule has 2 N–H and O–H groups in total. The molecule has 0 saturated heterocycles. The number of aromatic nitrogens is 6. The van der Waals surface area contributed by atoms with E-state index in [1.54, 1.807) is 60.4 Å². The third-order valence-corrected chi connectivity index (χ3v) is 7.67. The van der Waals surface area contributed by atoms with Crippen molar-refractivity contribution in [2.75, 3.05) is 10.6 Å². The molecular formula is C31H21BrFN8O4S+. The summed E-state index contributed by atoms with van der Waals surface area (Å²) < 4.78 is 28.5. The Morgan fingerprint density at radius 3 is 2.46 bits per heavy atom. The number of pyridine rings is 1. The highest BCUT2D eigenvalue weighted by Gasteiger charge is 2.19. The third kappa shape index (κ3) is 7.51. The second kappa shape index (κ2) is 13.5. The third-order valence-electron chi connectivity index (χ3n) is 6.09. The van der Waals surface area contributed by atoms with Crippen LogP contribution < -0.4 is 24.7 Å². The highest BCUT2D eigenvalue weighted by atomic mass is 79.9. The molecule has 228 valence electrons. The Balaban J connectivity index is 1.15. The summed E-state index contributed by atoms with van der Waals surface area (Å²) >= 11 is 4.54. The van der Waals surface area contributed by atoms with Crippen LogP contribution in [0.1, 0.15) is 26.4 Å². The van der Waals surface area contributed by atoms with Gasteiger partial charge in [0.1, 0.15) is 35.7 Å². The topological polar surface area (TPSA) is 145 Å². The number of anilines is 2. The van der Waals surface area contributed by atoms with Crippen LogP contribution in [0.25, 0.3) is 5.00 Å². The van der Waals surface area contributed by atoms with Crippen molar-refractivity contribution in [2.45, 2.75) is 6.92 Å². The Kier molecular flexibility index (Phi) is 8.94. The molecule has 4 heterocycles. The monoisotopic (exact) mass is 699 g/mol. The van der Waals surface area contributed by atoms with Crippen molar-refractivity contribution >= 4 is 50.0 Å². The average Bonchev–Trinajstić information content (AvgIpc) is 3.41. The molecule has 0 fully saturated rings. The molecule has 0 bridgehead atoms. The molecule has 0 aliphatic carbocycles. The van der Waals surface area contributed by atoms with Gasteiger partial charge in [0.15, 0.2) is 17.1 Å². The molecule has 6 aromatic rings. The zero-order valence-electron chi connectivity index (χ0n) is 23.7. The van der Waals surface area contributed by atoms with Crippen LogP contribution in [0.4, 0.5) is 15.3 Å². The van der Waals surface area contributed by atoms with Crippen molar-refractivity contribution in [3.8, 4) is 28.0 Å². The summed E-state index contributed by atoms with van der Waals surface area (Å²) in [5, 5.41) is 6.47. The highest BCUT2D eigenvalue weighted by molar-refractivity contribution is 9.10. The van der Waals surface area contributed by atoms with E-state index in [4.69, 9.17) is 9.47 Å². The van der Waals surface area contributed by atoms with Crippen LogP contribution >= 0.6 is 27.3 Å². The number of nitrogens with one attached hydrogen (secondary N) is 2. The molecule has 0 saturated carbocycles. The molecule has 0 spiro atoms. The molecule has 46 heavy (non-hydrogen) atoms. The second-order valence-electron chi connectivity index (χ2n) is 9.49. The van der Waals surface area contributed by atoms with Gasteiger partial charge in [0.05, 0.1) is 18.1 Å². The minimum Gasteiger partial charge on any atom is -0.454 e. The summed E-state index contributed by atoms with van der Waals surface area (Å²) in [5.74, 6) is -0.0477. The summed E-state index contributed by atoms with van der Waals surface area (Å²) in [7, 11) is 0. The Bertz CT molecular complexity index is 2060. The fourth-order valence-electron chi connectivity index (χ4n) is 4.12. The van der Waals surface area contributed by atoms with Crippen LogP contribution in [0.5, 0.6) is 23.0 Å². The molecule has 2 amide bonds. The van der Waals surface area contributed by atoms with E-state index in [1.165, 1.54) is 48.5 Å². The van der Waals surface area contributed by atoms with Crippen molar-refractivity contribution in [3.63, 3.8) is 0 Å². The van der Waals surface area contributed by atoms with Gasteiger partial charge in [0.2, 0.25) is 10.8 Å². The van der Waals surface area contributed by atoms with Crippen molar-refractivity contribution in [1.29, 1.82) is 0 Å². The Hall–Kier alpha value is -5.67. The molecule has 12 nitrogen and oxygen atoms in total. The van der Waals surface area contributed by atoms with Gasteiger partial charge in [-0.15, -0.1) is 0 Å². The maximum atomic E-state index is 14.5. The van der Waals surface area contributed by atoms with Crippen LogP contribution in [0.2, 0.25) is 0 Å². The second-order valence-corrected chi connectivity index (χ2v) is 11.4. The summed E-state index contributed by atoms with van der Waals surface area (Å²) in [6.07, 6.45) is 10.6. The minimum atomic E-state index is -0.661. The van der Waals surface area contributed by atoms with Gasteiger partial charge in [-0.2, -0.15) is 4.57 Å². The van der Waals surface area contributed by atoms with E-state index in [-0.39, 0.29) is 23.0 Å². The van der Waals surface area contributed by atoms with Crippen LogP contribution in [-0.2, 0) is 0 Å². The lowest BCUT2D eigenvalue weighted by Crippen LogP contribution is -2.30. The van der Waals surface area contributed by atoms with Crippen LogP contribution in [0, 0.1) is 12.7 Å². The zero-order valence-corrected chi connectivity index (χ0v) is 26.1. The highest BCUT2D eigenvalue weighted by Crippen LogP contribution is 2.27. The van der Waals surface area contributed by atoms with Gasteiger partial charge < -0.3 is 14.8 Å². The minimum absolute atomic E-state index is 0.0402. The van der Waals surface area contributed by atoms with Crippen LogP contribution in [0.3, 0.4) is 0 Å². The lowest BCUT2D eigenvalue weighted by molar-refractivity contribution is -0.596. The Morgan fingerprint density at radius 1 is 0.870 bits per heavy atom. The number of carbonyl (C=O) groups excluding carboxylic acids is 2. The van der Waals surface area contributed by atoms with Crippen LogP contribution in [-0.4, -0.2) is 36.7 Å². The molecule has 15 heteroatoms. The first-order valence-electron chi connectivity index (χ1n) is 13.4. The number of aryl methyl sites for hydroxylation is 1. The molecule has 0 aliphatic rings. The number of benzene rings is 2. The smallest absolute Gasteiger partial charge is 0.292 e. The quantitative estimate of drug-likeness (QED) is 0.166. The van der Waals surface area contributed by atoms with Gasteiger partial charge in [-0.05, 0) is 49.4 Å². The van der Waals surface area contributed by atoms with Crippen molar-refractivity contribution in [3.05, 3.63) is 125 Å². The van der Waals surface area contributed by atoms with E-state index in [9.17, 15) is 14.0 Å². The summed E-state index contributed by atoms with van der Waals surface area (Å²) in [5.41, 5.74) is 1.03. The van der Waals surface area contributed by atoms with Gasteiger partial charge >= 0.3 is 0 Å². The number of thiazole rings is 1. The first kappa shape index (κ1) is 30.4. The summed E-state index contributed by atoms with van der Waals surface area (Å²) in [6.45, 7) is 1.79. The number of carbonyl (C=O) groups is 2. The SMILES string of the molecule is Cc1nc(NC(=O)c2cccc(Oc3cncnc3)c2)sc1-[n+]1cncc(Oc2cc(F)cc(C(=O)Nc3cc(Br)ccn3)c2)c1. The fourth-order valence-corrected chi connectivity index (χ4v) is 5.37. The first-order chi connectivity index (χ1) is 22.3. The number of hydrogen-bond acceptors (Lipinski definition) is 10. The van der Waals surface area contributed by atoms with Crippen molar-refractivity contribution in [1.82, 2.24) is 24.9 Å². The van der Waals surface area contributed by atoms with E-state index >= 15 is 0 Å². The van der Waals surface area contributed by atoms with E-state index in [1.807, 2.05) is 0 Å². The number of ether oxygens (including phenoxy) is 2. The van der Waals surface area contributed by atoms with E-state index in [0.717, 1.165) is 16.6 Å². The fraction of sp³-hybridized carbons (Fsp3) is 0.0323. The number of hydrogen-bond donors (Lipinski definition) is 2. The number of halogens is 2. The first-order valence-corrected chi connectivity index (χ1v) is 15.0.